The molecule has 0 amide bonds. The van der Waals surface area contributed by atoms with Gasteiger partial charge in [0, 0.05) is 29.1 Å². The lowest BCUT2D eigenvalue weighted by molar-refractivity contribution is -0.643. The molecule has 0 unspecified atom stereocenters. The lowest BCUT2D eigenvalue weighted by Crippen LogP contribution is -2.30. The van der Waals surface area contributed by atoms with Crippen LogP contribution in [0.5, 0.6) is 0 Å². The van der Waals surface area contributed by atoms with Gasteiger partial charge < -0.3 is 0 Å². The summed E-state index contributed by atoms with van der Waals surface area (Å²) >= 11 is 1.73. The SMILES string of the molecule is c1cnc2c(c1)C[n+]1c-2sc2c1nc1ncccn12. The molecule has 0 fully saturated rings. The number of pyridine rings is 1. The molecule has 0 aromatic carbocycles. The van der Waals surface area contributed by atoms with Gasteiger partial charge in [-0.15, -0.1) is 0 Å². The third kappa shape index (κ3) is 1.09. The molecule has 1 aliphatic rings. The summed E-state index contributed by atoms with van der Waals surface area (Å²) in [6, 6.07) is 6.04. The average Bonchev–Trinajstić information content (AvgIpc) is 3.07. The standard InChI is InChI=1S/C13H8N5S/c1-3-8-7-18-10-12(19-11(18)9(8)14-4-1)17-6-2-5-15-13(17)16-10/h1-6H,7H2/q+1. The van der Waals surface area contributed by atoms with Crippen LogP contribution in [-0.2, 0) is 6.54 Å². The van der Waals surface area contributed by atoms with Gasteiger partial charge in [0.05, 0.1) is 0 Å². The highest BCUT2D eigenvalue weighted by atomic mass is 32.1. The van der Waals surface area contributed by atoms with E-state index in [2.05, 4.69) is 25.6 Å². The summed E-state index contributed by atoms with van der Waals surface area (Å²) in [5, 5.41) is 1.19. The monoisotopic (exact) mass is 266 g/mol. The minimum absolute atomic E-state index is 0.753. The maximum Gasteiger partial charge on any atom is 0.364 e. The van der Waals surface area contributed by atoms with Crippen molar-refractivity contribution in [2.24, 2.45) is 0 Å². The Balaban J connectivity index is 1.93. The molecule has 90 valence electrons. The van der Waals surface area contributed by atoms with E-state index in [4.69, 9.17) is 0 Å². The Labute approximate surface area is 111 Å². The van der Waals surface area contributed by atoms with E-state index in [1.54, 1.807) is 17.5 Å². The normalized spacial score (nSPS) is 13.1. The van der Waals surface area contributed by atoms with Gasteiger partial charge in [-0.05, 0) is 12.1 Å². The van der Waals surface area contributed by atoms with Crippen molar-refractivity contribution in [1.29, 1.82) is 0 Å². The summed E-state index contributed by atoms with van der Waals surface area (Å²) in [4.78, 5) is 14.5. The predicted molar refractivity (Wildman–Crippen MR) is 70.9 cm³/mol. The van der Waals surface area contributed by atoms with E-state index in [0.717, 1.165) is 28.5 Å². The van der Waals surface area contributed by atoms with Crippen LogP contribution in [0, 0.1) is 0 Å². The summed E-state index contributed by atoms with van der Waals surface area (Å²) < 4.78 is 4.26. The summed E-state index contributed by atoms with van der Waals surface area (Å²) in [6.45, 7) is 0.850. The zero-order valence-electron chi connectivity index (χ0n) is 9.82. The Kier molecular flexibility index (Phi) is 1.59. The van der Waals surface area contributed by atoms with Crippen LogP contribution in [0.25, 0.3) is 27.0 Å². The Morgan fingerprint density at radius 2 is 2.16 bits per heavy atom. The fraction of sp³-hybridized carbons (Fsp3) is 0.0769. The molecule has 0 spiro atoms. The number of hydrogen-bond donors (Lipinski definition) is 0. The molecular weight excluding hydrogens is 258 g/mol. The molecule has 6 heteroatoms. The zero-order chi connectivity index (χ0) is 12.4. The number of aromatic nitrogens is 5. The highest BCUT2D eigenvalue weighted by Gasteiger charge is 2.33. The number of nitrogens with zero attached hydrogens (tertiary/aromatic N) is 5. The maximum absolute atomic E-state index is 4.63. The minimum atomic E-state index is 0.753. The van der Waals surface area contributed by atoms with Gasteiger partial charge in [0.15, 0.2) is 0 Å². The number of fused-ring (bicyclic) bond motifs is 7. The molecule has 0 N–H and O–H groups in total. The molecule has 19 heavy (non-hydrogen) atoms. The first-order valence-electron chi connectivity index (χ1n) is 6.01. The number of thiazole rings is 1. The Morgan fingerprint density at radius 1 is 1.21 bits per heavy atom. The van der Waals surface area contributed by atoms with Gasteiger partial charge >= 0.3 is 11.4 Å². The van der Waals surface area contributed by atoms with Crippen molar-refractivity contribution in [2.45, 2.75) is 6.54 Å². The highest BCUT2D eigenvalue weighted by molar-refractivity contribution is 7.20. The van der Waals surface area contributed by atoms with Crippen molar-refractivity contribution in [3.8, 4) is 10.7 Å². The molecule has 5 rings (SSSR count). The Bertz CT molecular complexity index is 952. The summed E-state index contributed by atoms with van der Waals surface area (Å²) in [7, 11) is 0. The molecule has 5 heterocycles. The first-order chi connectivity index (χ1) is 9.42. The van der Waals surface area contributed by atoms with Crippen molar-refractivity contribution in [3.05, 3.63) is 42.4 Å². The van der Waals surface area contributed by atoms with Gasteiger partial charge in [-0.2, -0.15) is 4.98 Å². The lowest BCUT2D eigenvalue weighted by Gasteiger charge is -1.91. The fourth-order valence-corrected chi connectivity index (χ4v) is 3.83. The molecule has 0 atom stereocenters. The topological polar surface area (TPSA) is 47.0 Å². The summed E-state index contributed by atoms with van der Waals surface area (Å²) in [6.07, 6.45) is 5.62. The van der Waals surface area contributed by atoms with E-state index in [-0.39, 0.29) is 0 Å². The van der Waals surface area contributed by atoms with Gasteiger partial charge in [0.1, 0.15) is 12.2 Å². The van der Waals surface area contributed by atoms with E-state index in [1.807, 2.05) is 28.9 Å². The molecular formula is C13H8N5S+. The van der Waals surface area contributed by atoms with Crippen molar-refractivity contribution < 1.29 is 4.57 Å². The second-order valence-electron chi connectivity index (χ2n) is 4.53. The van der Waals surface area contributed by atoms with Crippen molar-refractivity contribution >= 4 is 27.6 Å². The number of hydrogen-bond acceptors (Lipinski definition) is 4. The Morgan fingerprint density at radius 3 is 3.16 bits per heavy atom. The molecule has 0 bridgehead atoms. The molecule has 0 aliphatic carbocycles. The molecule has 0 saturated heterocycles. The van der Waals surface area contributed by atoms with E-state index in [1.165, 1.54) is 10.6 Å². The van der Waals surface area contributed by atoms with Crippen LogP contribution >= 0.6 is 11.3 Å². The van der Waals surface area contributed by atoms with Crippen molar-refractivity contribution in [2.75, 3.05) is 0 Å². The lowest BCUT2D eigenvalue weighted by atomic mass is 10.2. The number of rotatable bonds is 0. The molecule has 5 nitrogen and oxygen atoms in total. The molecule has 0 saturated carbocycles. The minimum Gasteiger partial charge on any atom is -0.251 e. The maximum atomic E-state index is 4.63. The van der Waals surface area contributed by atoms with E-state index in [0.29, 0.717) is 0 Å². The molecule has 0 radical (unpaired) electrons. The highest BCUT2D eigenvalue weighted by Crippen LogP contribution is 2.33. The van der Waals surface area contributed by atoms with E-state index < -0.39 is 0 Å². The van der Waals surface area contributed by atoms with Gasteiger partial charge in [-0.3, -0.25) is 4.98 Å². The number of imidazole rings is 1. The van der Waals surface area contributed by atoms with Crippen LogP contribution in [-0.4, -0.2) is 19.4 Å². The average molecular weight is 266 g/mol. The van der Waals surface area contributed by atoms with Gasteiger partial charge in [0.25, 0.3) is 0 Å². The first kappa shape index (κ1) is 9.57. The van der Waals surface area contributed by atoms with E-state index >= 15 is 0 Å². The van der Waals surface area contributed by atoms with Crippen LogP contribution in [0.3, 0.4) is 0 Å². The van der Waals surface area contributed by atoms with Crippen LogP contribution < -0.4 is 4.57 Å². The van der Waals surface area contributed by atoms with Gasteiger partial charge in [-0.25, -0.2) is 8.97 Å². The van der Waals surface area contributed by atoms with Crippen LogP contribution in [0.2, 0.25) is 0 Å². The summed E-state index contributed by atoms with van der Waals surface area (Å²) in [5.74, 6) is 0.753. The van der Waals surface area contributed by atoms with E-state index in [9.17, 15) is 0 Å². The zero-order valence-corrected chi connectivity index (χ0v) is 10.6. The second-order valence-corrected chi connectivity index (χ2v) is 5.51. The van der Waals surface area contributed by atoms with Crippen molar-refractivity contribution in [3.63, 3.8) is 0 Å². The first-order valence-corrected chi connectivity index (χ1v) is 6.83. The fourth-order valence-electron chi connectivity index (χ4n) is 2.62. The molecule has 4 aromatic rings. The van der Waals surface area contributed by atoms with Gasteiger partial charge in [0.2, 0.25) is 9.84 Å². The van der Waals surface area contributed by atoms with Crippen LogP contribution in [0.1, 0.15) is 5.56 Å². The molecule has 1 aliphatic heterocycles. The smallest absolute Gasteiger partial charge is 0.251 e. The van der Waals surface area contributed by atoms with Crippen LogP contribution in [0.15, 0.2) is 36.8 Å². The Hall–Kier alpha value is -2.34. The second kappa shape index (κ2) is 3.16. The van der Waals surface area contributed by atoms with Crippen LogP contribution in [0.4, 0.5) is 0 Å². The van der Waals surface area contributed by atoms with Gasteiger partial charge in [-0.1, -0.05) is 17.4 Å². The summed E-state index contributed by atoms with van der Waals surface area (Å²) in [5.41, 5.74) is 3.35. The van der Waals surface area contributed by atoms with Crippen molar-refractivity contribution in [1.82, 2.24) is 19.4 Å². The largest absolute Gasteiger partial charge is 0.364 e. The third-order valence-corrected chi connectivity index (χ3v) is 4.64. The predicted octanol–water partition coefficient (Wildman–Crippen LogP) is 1.66. The molecule has 4 aromatic heterocycles. The third-order valence-electron chi connectivity index (χ3n) is 3.46. The quantitative estimate of drug-likeness (QED) is 0.400.